The number of rotatable bonds is 6. The minimum atomic E-state index is -0.292. The minimum absolute atomic E-state index is 0.168. The van der Waals surface area contributed by atoms with Crippen LogP contribution in [0.4, 0.5) is 4.39 Å². The van der Waals surface area contributed by atoms with Gasteiger partial charge < -0.3 is 11.1 Å². The lowest BCUT2D eigenvalue weighted by Crippen LogP contribution is -2.41. The van der Waals surface area contributed by atoms with Crippen molar-refractivity contribution in [2.75, 3.05) is 6.54 Å². The normalized spacial score (nSPS) is 12.2. The van der Waals surface area contributed by atoms with Gasteiger partial charge in [-0.1, -0.05) is 12.1 Å². The van der Waals surface area contributed by atoms with Crippen LogP contribution in [0.1, 0.15) is 20.1 Å². The molecule has 0 aliphatic carbocycles. The molecule has 0 saturated carbocycles. The van der Waals surface area contributed by atoms with Crippen LogP contribution in [-0.2, 0) is 13.5 Å². The van der Waals surface area contributed by atoms with Crippen molar-refractivity contribution in [3.05, 3.63) is 63.7 Å². The lowest BCUT2D eigenvalue weighted by molar-refractivity contribution is 0.0942. The van der Waals surface area contributed by atoms with Crippen molar-refractivity contribution in [3.63, 3.8) is 0 Å². The number of benzene rings is 1. The zero-order valence-corrected chi connectivity index (χ0v) is 15.5. The third kappa shape index (κ3) is 4.00. The van der Waals surface area contributed by atoms with Crippen LogP contribution < -0.4 is 11.1 Å². The Kier molecular flexibility index (Phi) is 5.49. The van der Waals surface area contributed by atoms with Crippen molar-refractivity contribution >= 4 is 17.2 Å². The first kappa shape index (κ1) is 18.3. The van der Waals surface area contributed by atoms with Crippen molar-refractivity contribution in [1.82, 2.24) is 15.1 Å². The van der Waals surface area contributed by atoms with E-state index in [9.17, 15) is 9.18 Å². The van der Waals surface area contributed by atoms with E-state index in [1.165, 1.54) is 23.5 Å². The molecule has 136 valence electrons. The maximum Gasteiger partial charge on any atom is 0.261 e. The molecule has 3 rings (SSSR count). The molecule has 7 heteroatoms. The second kappa shape index (κ2) is 7.80. The van der Waals surface area contributed by atoms with E-state index in [-0.39, 0.29) is 24.3 Å². The quantitative estimate of drug-likeness (QED) is 0.699. The molecular weight excluding hydrogens is 351 g/mol. The van der Waals surface area contributed by atoms with E-state index in [1.807, 2.05) is 32.2 Å². The molecular formula is C19H21FN4OS. The third-order valence-electron chi connectivity index (χ3n) is 4.23. The van der Waals surface area contributed by atoms with Crippen LogP contribution in [0.15, 0.2) is 42.6 Å². The summed E-state index contributed by atoms with van der Waals surface area (Å²) in [6.07, 6.45) is 2.22. The summed E-state index contributed by atoms with van der Waals surface area (Å²) in [4.78, 5) is 14.3. The summed E-state index contributed by atoms with van der Waals surface area (Å²) >= 11 is 1.44. The maximum atomic E-state index is 13.3. The monoisotopic (exact) mass is 372 g/mol. The number of hydrogen-bond donors (Lipinski definition) is 2. The first-order chi connectivity index (χ1) is 12.5. The summed E-state index contributed by atoms with van der Waals surface area (Å²) in [7, 11) is 1.87. The lowest BCUT2D eigenvalue weighted by atomic mass is 10.1. The Balaban J connectivity index is 1.73. The standard InChI is InChI=1S/C19H21FN4OS/c1-12-16(17-6-7-22-24(17)2)10-18(26-12)19(25)23-15(11-21)9-13-4-3-5-14(20)8-13/h3-8,10,15H,9,11,21H2,1-2H3,(H,23,25)/t15-/m0/s1. The van der Waals surface area contributed by atoms with Crippen LogP contribution in [0.3, 0.4) is 0 Å². The van der Waals surface area contributed by atoms with Crippen molar-refractivity contribution in [3.8, 4) is 11.3 Å². The van der Waals surface area contributed by atoms with Gasteiger partial charge in [-0.05, 0) is 43.2 Å². The van der Waals surface area contributed by atoms with E-state index >= 15 is 0 Å². The van der Waals surface area contributed by atoms with Crippen LogP contribution in [0.2, 0.25) is 0 Å². The maximum absolute atomic E-state index is 13.3. The zero-order chi connectivity index (χ0) is 18.7. The number of aromatic nitrogens is 2. The highest BCUT2D eigenvalue weighted by Crippen LogP contribution is 2.30. The van der Waals surface area contributed by atoms with Crippen LogP contribution in [0.5, 0.6) is 0 Å². The highest BCUT2D eigenvalue weighted by Gasteiger charge is 2.18. The van der Waals surface area contributed by atoms with E-state index in [1.54, 1.807) is 16.9 Å². The molecule has 0 spiro atoms. The number of nitrogens with zero attached hydrogens (tertiary/aromatic N) is 2. The number of hydrogen-bond acceptors (Lipinski definition) is 4. The minimum Gasteiger partial charge on any atom is -0.347 e. The van der Waals surface area contributed by atoms with Gasteiger partial charge in [0.25, 0.3) is 5.91 Å². The van der Waals surface area contributed by atoms with E-state index in [0.717, 1.165) is 21.7 Å². The zero-order valence-electron chi connectivity index (χ0n) is 14.7. The number of nitrogens with one attached hydrogen (secondary N) is 1. The van der Waals surface area contributed by atoms with E-state index < -0.39 is 0 Å². The van der Waals surface area contributed by atoms with Gasteiger partial charge in [0.1, 0.15) is 5.82 Å². The molecule has 0 aliphatic heterocycles. The second-order valence-electron chi connectivity index (χ2n) is 6.16. The smallest absolute Gasteiger partial charge is 0.261 e. The number of carbonyl (C=O) groups excluding carboxylic acids is 1. The van der Waals surface area contributed by atoms with Crippen LogP contribution in [0, 0.1) is 12.7 Å². The highest BCUT2D eigenvalue weighted by atomic mass is 32.1. The summed E-state index contributed by atoms with van der Waals surface area (Å²) in [5, 5.41) is 7.13. The SMILES string of the molecule is Cc1sc(C(=O)N[C@H](CN)Cc2cccc(F)c2)cc1-c1ccnn1C. The molecule has 2 heterocycles. The molecule has 0 unspecified atom stereocenters. The van der Waals surface area contributed by atoms with Crippen LogP contribution in [-0.4, -0.2) is 28.3 Å². The summed E-state index contributed by atoms with van der Waals surface area (Å²) in [5.41, 5.74) is 8.57. The molecule has 0 saturated heterocycles. The molecule has 0 bridgehead atoms. The fourth-order valence-corrected chi connectivity index (χ4v) is 3.82. The average Bonchev–Trinajstić information content (AvgIpc) is 3.19. The van der Waals surface area contributed by atoms with Gasteiger partial charge in [0, 0.05) is 36.3 Å². The fourth-order valence-electron chi connectivity index (χ4n) is 2.88. The molecule has 26 heavy (non-hydrogen) atoms. The molecule has 0 fully saturated rings. The Bertz CT molecular complexity index is 918. The number of nitrogens with two attached hydrogens (primary N) is 1. The predicted octanol–water partition coefficient (Wildman–Crippen LogP) is 2.90. The molecule has 5 nitrogen and oxygen atoms in total. The van der Waals surface area contributed by atoms with Crippen LogP contribution >= 0.6 is 11.3 Å². The van der Waals surface area contributed by atoms with E-state index in [2.05, 4.69) is 10.4 Å². The van der Waals surface area contributed by atoms with Gasteiger partial charge in [0.05, 0.1) is 10.6 Å². The van der Waals surface area contributed by atoms with Crippen molar-refractivity contribution in [2.24, 2.45) is 12.8 Å². The molecule has 0 aliphatic rings. The third-order valence-corrected chi connectivity index (χ3v) is 5.28. The molecule has 1 atom stereocenters. The molecule has 0 radical (unpaired) electrons. The number of amides is 1. The Morgan fingerprint density at radius 3 is 2.85 bits per heavy atom. The predicted molar refractivity (Wildman–Crippen MR) is 102 cm³/mol. The van der Waals surface area contributed by atoms with Crippen molar-refractivity contribution < 1.29 is 9.18 Å². The van der Waals surface area contributed by atoms with E-state index in [0.29, 0.717) is 11.3 Å². The Morgan fingerprint density at radius 1 is 1.38 bits per heavy atom. The molecule has 2 aromatic heterocycles. The van der Waals surface area contributed by atoms with Gasteiger partial charge in [0.2, 0.25) is 0 Å². The number of halogens is 1. The van der Waals surface area contributed by atoms with E-state index in [4.69, 9.17) is 5.73 Å². The molecule has 3 N–H and O–H groups in total. The summed E-state index contributed by atoms with van der Waals surface area (Å²) < 4.78 is 15.1. The largest absolute Gasteiger partial charge is 0.347 e. The first-order valence-corrected chi connectivity index (χ1v) is 9.13. The summed E-state index contributed by atoms with van der Waals surface area (Å²) in [6.45, 7) is 2.26. The van der Waals surface area contributed by atoms with Crippen molar-refractivity contribution in [1.29, 1.82) is 0 Å². The average molecular weight is 372 g/mol. The molecule has 3 aromatic rings. The number of carbonyl (C=O) groups is 1. The number of thiophene rings is 1. The van der Waals surface area contributed by atoms with Crippen LogP contribution in [0.25, 0.3) is 11.3 Å². The lowest BCUT2D eigenvalue weighted by Gasteiger charge is -2.16. The summed E-state index contributed by atoms with van der Waals surface area (Å²) in [5.74, 6) is -0.460. The fraction of sp³-hybridized carbons (Fsp3) is 0.263. The molecule has 1 amide bonds. The second-order valence-corrected chi connectivity index (χ2v) is 7.42. The van der Waals surface area contributed by atoms with Gasteiger partial charge in [0.15, 0.2) is 0 Å². The van der Waals surface area contributed by atoms with Gasteiger partial charge >= 0.3 is 0 Å². The van der Waals surface area contributed by atoms with Gasteiger partial charge in [-0.15, -0.1) is 11.3 Å². The number of aryl methyl sites for hydroxylation is 2. The molecule has 1 aromatic carbocycles. The van der Waals surface area contributed by atoms with Gasteiger partial charge in [-0.3, -0.25) is 9.48 Å². The van der Waals surface area contributed by atoms with Crippen molar-refractivity contribution in [2.45, 2.75) is 19.4 Å². The van der Waals surface area contributed by atoms with Gasteiger partial charge in [-0.25, -0.2) is 4.39 Å². The summed E-state index contributed by atoms with van der Waals surface area (Å²) in [6, 6.07) is 9.88. The Hall–Kier alpha value is -2.51. The van der Waals surface area contributed by atoms with Gasteiger partial charge in [-0.2, -0.15) is 5.10 Å². The Labute approximate surface area is 155 Å². The highest BCUT2D eigenvalue weighted by molar-refractivity contribution is 7.14. The topological polar surface area (TPSA) is 72.9 Å². The Morgan fingerprint density at radius 2 is 2.19 bits per heavy atom. The first-order valence-electron chi connectivity index (χ1n) is 8.32.